The Morgan fingerprint density at radius 2 is 1.85 bits per heavy atom. The van der Waals surface area contributed by atoms with Gasteiger partial charge in [0, 0.05) is 30.0 Å². The summed E-state index contributed by atoms with van der Waals surface area (Å²) >= 11 is 5.62. The molecule has 5 rings (SSSR count). The molecule has 1 aromatic carbocycles. The summed E-state index contributed by atoms with van der Waals surface area (Å²) in [5, 5.41) is 0.224. The Morgan fingerprint density at radius 1 is 1.12 bits per heavy atom. The summed E-state index contributed by atoms with van der Waals surface area (Å²) < 4.78 is 25.3. The lowest BCUT2D eigenvalue weighted by molar-refractivity contribution is -0.237. The molecular weight excluding hydrogens is 432 g/mol. The average Bonchev–Trinajstić information content (AvgIpc) is 3.35. The van der Waals surface area contributed by atoms with E-state index in [1.54, 1.807) is 0 Å². The second kappa shape index (κ2) is 8.98. The van der Waals surface area contributed by atoms with Crippen LogP contribution in [-0.2, 0) is 14.2 Å². The maximum absolute atomic E-state index is 6.54. The minimum absolute atomic E-state index is 0.0124. The zero-order chi connectivity index (χ0) is 23.2. The first kappa shape index (κ1) is 23.3. The number of benzene rings is 1. The van der Waals surface area contributed by atoms with Gasteiger partial charge in [-0.1, -0.05) is 50.6 Å². The number of aryl methyl sites for hydroxylation is 1. The van der Waals surface area contributed by atoms with Crippen LogP contribution in [0.25, 0.3) is 0 Å². The van der Waals surface area contributed by atoms with Crippen LogP contribution >= 0.6 is 12.2 Å². The molecule has 1 aliphatic heterocycles. The molecule has 0 radical (unpaired) electrons. The molecular formula is C28H38O4S. The van der Waals surface area contributed by atoms with Gasteiger partial charge in [-0.05, 0) is 68.4 Å². The molecule has 6 atom stereocenters. The number of allylic oxidation sites excluding steroid dienone is 2. The molecule has 1 aromatic rings. The maximum Gasteiger partial charge on any atom is 0.358 e. The molecule has 3 fully saturated rings. The second-order valence-corrected chi connectivity index (χ2v) is 11.5. The summed E-state index contributed by atoms with van der Waals surface area (Å²) in [4.78, 5) is 0. The second-order valence-electron chi connectivity index (χ2n) is 11.1. The van der Waals surface area contributed by atoms with E-state index in [2.05, 4.69) is 39.8 Å². The van der Waals surface area contributed by atoms with E-state index in [-0.39, 0.29) is 22.7 Å². The first-order valence-corrected chi connectivity index (χ1v) is 13.1. The Labute approximate surface area is 204 Å². The van der Waals surface area contributed by atoms with Crippen LogP contribution < -0.4 is 4.74 Å². The lowest BCUT2D eigenvalue weighted by atomic mass is 9.55. The van der Waals surface area contributed by atoms with Gasteiger partial charge in [-0.3, -0.25) is 0 Å². The molecule has 33 heavy (non-hydrogen) atoms. The summed E-state index contributed by atoms with van der Waals surface area (Å²) in [5.74, 6) is 2.74. The van der Waals surface area contributed by atoms with Crippen LogP contribution in [-0.4, -0.2) is 30.3 Å². The van der Waals surface area contributed by atoms with E-state index in [1.165, 1.54) is 12.0 Å². The van der Waals surface area contributed by atoms with Gasteiger partial charge in [0.15, 0.2) is 5.79 Å². The van der Waals surface area contributed by atoms with E-state index < -0.39 is 5.79 Å². The molecule has 1 spiro atoms. The monoisotopic (exact) mass is 470 g/mol. The van der Waals surface area contributed by atoms with Gasteiger partial charge in [-0.15, -0.1) is 0 Å². The van der Waals surface area contributed by atoms with Gasteiger partial charge >= 0.3 is 5.24 Å². The number of fused-ring (bicyclic) bond motifs is 4. The number of thiocarbonyl (C=S) groups is 1. The van der Waals surface area contributed by atoms with Gasteiger partial charge in [0.05, 0.1) is 13.2 Å². The zero-order valence-electron chi connectivity index (χ0n) is 20.4. The normalized spacial score (nSPS) is 36.9. The fourth-order valence-corrected chi connectivity index (χ4v) is 7.59. The standard InChI is InChI=1S/C28H38O4S/c1-18(2)21-12-14-27(4)24(32-26(33)31-20-10-8-19(3)9-11-20)17-23-22(25(21)27)7-5-6-13-28(23)29-15-16-30-28/h5,7-11,18,21-25H,6,12-17H2,1-4H3/t21-,22+,23+,24-,25+,27-/m1/s1. The molecule has 0 unspecified atom stereocenters. The molecule has 4 nitrogen and oxygen atoms in total. The third-order valence-electron chi connectivity index (χ3n) is 9.00. The smallest absolute Gasteiger partial charge is 0.358 e. The topological polar surface area (TPSA) is 36.9 Å². The Kier molecular flexibility index (Phi) is 6.34. The van der Waals surface area contributed by atoms with E-state index in [0.29, 0.717) is 36.9 Å². The Bertz CT molecular complexity index is 888. The Morgan fingerprint density at radius 3 is 2.55 bits per heavy atom. The van der Waals surface area contributed by atoms with Gasteiger partial charge in [0.25, 0.3) is 0 Å². The minimum atomic E-state index is -0.499. The van der Waals surface area contributed by atoms with Crippen molar-refractivity contribution in [2.75, 3.05) is 13.2 Å². The molecule has 0 N–H and O–H groups in total. The van der Waals surface area contributed by atoms with Crippen molar-refractivity contribution >= 4 is 17.5 Å². The lowest BCUT2D eigenvalue weighted by Gasteiger charge is -2.54. The van der Waals surface area contributed by atoms with E-state index in [4.69, 9.17) is 31.2 Å². The first-order valence-electron chi connectivity index (χ1n) is 12.7. The Balaban J connectivity index is 1.45. The van der Waals surface area contributed by atoms with Gasteiger partial charge in [0.2, 0.25) is 0 Å². The number of hydrogen-bond donors (Lipinski definition) is 0. The van der Waals surface area contributed by atoms with Crippen molar-refractivity contribution in [3.63, 3.8) is 0 Å². The summed E-state index contributed by atoms with van der Waals surface area (Å²) in [6.07, 6.45) is 10.0. The largest absolute Gasteiger partial charge is 0.453 e. The van der Waals surface area contributed by atoms with Crippen molar-refractivity contribution in [3.05, 3.63) is 42.0 Å². The van der Waals surface area contributed by atoms with Crippen LogP contribution in [0.5, 0.6) is 5.75 Å². The zero-order valence-corrected chi connectivity index (χ0v) is 21.2. The SMILES string of the molecule is Cc1ccc(OC(=S)O[C@@H]2C[C@H]3[C@H](C=CCCC34OCCO4)[C@@H]3[C@@H](C(C)C)CC[C@@]32C)cc1. The van der Waals surface area contributed by atoms with Gasteiger partial charge in [0.1, 0.15) is 11.9 Å². The van der Waals surface area contributed by atoms with Crippen LogP contribution in [0.2, 0.25) is 0 Å². The van der Waals surface area contributed by atoms with Crippen LogP contribution in [0.3, 0.4) is 0 Å². The quantitative estimate of drug-likeness (QED) is 0.374. The summed E-state index contributed by atoms with van der Waals surface area (Å²) in [7, 11) is 0. The van der Waals surface area contributed by atoms with Crippen molar-refractivity contribution < 1.29 is 18.9 Å². The highest BCUT2D eigenvalue weighted by molar-refractivity contribution is 7.79. The number of ether oxygens (including phenoxy) is 4. The van der Waals surface area contributed by atoms with E-state index in [0.717, 1.165) is 31.4 Å². The van der Waals surface area contributed by atoms with Crippen molar-refractivity contribution in [2.24, 2.45) is 35.0 Å². The maximum atomic E-state index is 6.54. The predicted molar refractivity (Wildman–Crippen MR) is 133 cm³/mol. The fraction of sp³-hybridized carbons (Fsp3) is 0.679. The third-order valence-corrected chi connectivity index (χ3v) is 9.18. The molecule has 0 bridgehead atoms. The highest BCUT2D eigenvalue weighted by Gasteiger charge is 2.63. The van der Waals surface area contributed by atoms with Crippen LogP contribution in [0.1, 0.15) is 58.4 Å². The Hall–Kier alpha value is -1.43. The van der Waals surface area contributed by atoms with Gasteiger partial charge in [-0.2, -0.15) is 0 Å². The van der Waals surface area contributed by atoms with Crippen molar-refractivity contribution in [1.82, 2.24) is 0 Å². The summed E-state index contributed by atoms with van der Waals surface area (Å²) in [6, 6.07) is 7.95. The number of rotatable bonds is 3. The van der Waals surface area contributed by atoms with Gasteiger partial charge in [-0.25, -0.2) is 0 Å². The molecule has 5 heteroatoms. The van der Waals surface area contributed by atoms with E-state index in [1.807, 2.05) is 24.3 Å². The third kappa shape index (κ3) is 4.15. The number of hydrogen-bond acceptors (Lipinski definition) is 5. The highest BCUT2D eigenvalue weighted by Crippen LogP contribution is 2.64. The van der Waals surface area contributed by atoms with E-state index in [9.17, 15) is 0 Å². The molecule has 180 valence electrons. The van der Waals surface area contributed by atoms with Crippen LogP contribution in [0.15, 0.2) is 36.4 Å². The van der Waals surface area contributed by atoms with Crippen molar-refractivity contribution in [1.29, 1.82) is 0 Å². The first-order chi connectivity index (χ1) is 15.8. The van der Waals surface area contributed by atoms with Crippen molar-refractivity contribution in [2.45, 2.75) is 71.7 Å². The molecule has 0 aromatic heterocycles. The molecule has 0 amide bonds. The summed E-state index contributed by atoms with van der Waals surface area (Å²) in [6.45, 7) is 10.6. The van der Waals surface area contributed by atoms with Gasteiger partial charge < -0.3 is 18.9 Å². The average molecular weight is 471 g/mol. The molecule has 1 saturated heterocycles. The van der Waals surface area contributed by atoms with Crippen molar-refractivity contribution in [3.8, 4) is 5.75 Å². The van der Waals surface area contributed by atoms with Crippen LogP contribution in [0, 0.1) is 41.9 Å². The van der Waals surface area contributed by atoms with E-state index >= 15 is 0 Å². The fourth-order valence-electron chi connectivity index (χ4n) is 7.37. The molecule has 4 aliphatic rings. The van der Waals surface area contributed by atoms with Crippen LogP contribution in [0.4, 0.5) is 0 Å². The molecule has 3 aliphatic carbocycles. The minimum Gasteiger partial charge on any atom is -0.453 e. The predicted octanol–water partition coefficient (Wildman–Crippen LogP) is 6.46. The molecule has 2 saturated carbocycles. The lowest BCUT2D eigenvalue weighted by Crippen LogP contribution is -2.57. The summed E-state index contributed by atoms with van der Waals surface area (Å²) in [5.41, 5.74) is 1.24. The molecule has 1 heterocycles. The highest BCUT2D eigenvalue weighted by atomic mass is 32.1.